The lowest BCUT2D eigenvalue weighted by Gasteiger charge is -2.38. The van der Waals surface area contributed by atoms with Crippen LogP contribution in [-0.4, -0.2) is 19.1 Å². The van der Waals surface area contributed by atoms with Crippen molar-refractivity contribution in [1.82, 2.24) is 19.1 Å². The minimum Gasteiger partial charge on any atom is -0.289 e. The molecule has 0 bridgehead atoms. The number of hydrogen-bond acceptors (Lipinski definition) is 2. The fourth-order valence-electron chi connectivity index (χ4n) is 9.85. The molecule has 45 heavy (non-hydrogen) atoms. The highest BCUT2D eigenvalue weighted by molar-refractivity contribution is 5.59. The van der Waals surface area contributed by atoms with Gasteiger partial charge in [0, 0.05) is 29.8 Å². The summed E-state index contributed by atoms with van der Waals surface area (Å²) >= 11 is 0. The smallest absolute Gasteiger partial charge is 0.289 e. The lowest BCUT2D eigenvalue weighted by Crippen LogP contribution is -2.38. The molecule has 5 aromatic rings. The standard InChI is InChI=1S/C37H35F3N4O/c1-33(2)34(3)31-29(28-20-21-35(28,33)34)32(45)43(42(31)4)22-24-23-44(41-30(24)37(38,39)40)36(25-14-8-5-9-15-25,26-16-10-6-11-17-26)27-18-12-7-13-19-27/h5-19,23,28H,20-22H2,1-4H3/t28?,34-,35?/m0/s1. The van der Waals surface area contributed by atoms with Crippen molar-refractivity contribution in [3.05, 3.63) is 147 Å². The number of rotatable bonds is 6. The Bertz CT molecular complexity index is 1910. The summed E-state index contributed by atoms with van der Waals surface area (Å²) in [5, 5.41) is 4.37. The Hall–Kier alpha value is -4.33. The molecule has 2 heterocycles. The van der Waals surface area contributed by atoms with Gasteiger partial charge in [-0.1, -0.05) is 112 Å². The molecule has 3 aliphatic rings. The first kappa shape index (κ1) is 28.2. The number of benzene rings is 3. The molecule has 2 aromatic heterocycles. The molecule has 0 aliphatic heterocycles. The average molecular weight is 609 g/mol. The van der Waals surface area contributed by atoms with Crippen LogP contribution < -0.4 is 5.56 Å². The summed E-state index contributed by atoms with van der Waals surface area (Å²) < 4.78 is 49.5. The predicted molar refractivity (Wildman–Crippen MR) is 166 cm³/mol. The highest BCUT2D eigenvalue weighted by Gasteiger charge is 2.89. The SMILES string of the molecule is Cn1c2c(c(=O)n1Cc1cn(C(c3ccccc3)(c3ccccc3)c3ccccc3)nc1C(F)(F)F)C1CCC13C(C)(C)[C@]23C. The summed E-state index contributed by atoms with van der Waals surface area (Å²) in [6.45, 7) is 6.54. The van der Waals surface area contributed by atoms with E-state index in [1.54, 1.807) is 0 Å². The molecular formula is C37H35F3N4O. The van der Waals surface area contributed by atoms with Crippen LogP contribution in [0.1, 0.15) is 78.7 Å². The summed E-state index contributed by atoms with van der Waals surface area (Å²) in [5.74, 6) is 0.166. The third-order valence-corrected chi connectivity index (χ3v) is 12.1. The monoisotopic (exact) mass is 608 g/mol. The van der Waals surface area contributed by atoms with Gasteiger partial charge in [-0.3, -0.25) is 14.2 Å². The normalized spacial score (nSPS) is 24.5. The van der Waals surface area contributed by atoms with Crippen molar-refractivity contribution in [3.63, 3.8) is 0 Å². The highest BCUT2D eigenvalue weighted by atomic mass is 19.4. The third-order valence-electron chi connectivity index (χ3n) is 12.1. The van der Waals surface area contributed by atoms with Gasteiger partial charge in [0.25, 0.3) is 5.56 Å². The topological polar surface area (TPSA) is 44.8 Å². The van der Waals surface area contributed by atoms with Gasteiger partial charge in [0.1, 0.15) is 5.54 Å². The van der Waals surface area contributed by atoms with E-state index in [2.05, 4.69) is 25.9 Å². The molecular weight excluding hydrogens is 573 g/mol. The molecule has 3 aromatic carbocycles. The molecule has 2 unspecified atom stereocenters. The van der Waals surface area contributed by atoms with Crippen LogP contribution in [0.3, 0.4) is 0 Å². The Kier molecular flexibility index (Phi) is 5.57. The minimum absolute atomic E-state index is 0.0367. The number of aromatic nitrogens is 4. The summed E-state index contributed by atoms with van der Waals surface area (Å²) in [4.78, 5) is 14.1. The first-order valence-corrected chi connectivity index (χ1v) is 15.6. The summed E-state index contributed by atoms with van der Waals surface area (Å²) in [6, 6.07) is 28.5. The Morgan fingerprint density at radius 1 is 0.844 bits per heavy atom. The Morgan fingerprint density at radius 3 is 1.80 bits per heavy atom. The number of alkyl halides is 3. The zero-order valence-corrected chi connectivity index (χ0v) is 25.8. The Morgan fingerprint density at radius 2 is 1.36 bits per heavy atom. The van der Waals surface area contributed by atoms with E-state index in [-0.39, 0.29) is 39.8 Å². The molecule has 0 saturated heterocycles. The van der Waals surface area contributed by atoms with Gasteiger partial charge in [-0.25, -0.2) is 4.68 Å². The maximum atomic E-state index is 14.9. The minimum atomic E-state index is -4.73. The largest absolute Gasteiger partial charge is 0.435 e. The molecule has 3 atom stereocenters. The molecule has 230 valence electrons. The zero-order valence-electron chi connectivity index (χ0n) is 25.8. The number of nitrogens with zero attached hydrogens (tertiary/aromatic N) is 4. The molecule has 2 fully saturated rings. The first-order chi connectivity index (χ1) is 21.4. The van der Waals surface area contributed by atoms with E-state index in [0.717, 1.165) is 40.8 Å². The molecule has 3 aliphatic carbocycles. The summed E-state index contributed by atoms with van der Waals surface area (Å²) in [7, 11) is 1.83. The average Bonchev–Trinajstić information content (AvgIpc) is 3.34. The van der Waals surface area contributed by atoms with Gasteiger partial charge in [-0.15, -0.1) is 0 Å². The van der Waals surface area contributed by atoms with Crippen LogP contribution in [0.15, 0.2) is 102 Å². The van der Waals surface area contributed by atoms with Crippen LogP contribution in [0.2, 0.25) is 0 Å². The van der Waals surface area contributed by atoms with Gasteiger partial charge in [-0.05, 0) is 46.3 Å². The van der Waals surface area contributed by atoms with E-state index in [1.165, 1.54) is 15.6 Å². The maximum absolute atomic E-state index is 14.9. The van der Waals surface area contributed by atoms with E-state index < -0.39 is 17.4 Å². The molecule has 8 rings (SSSR count). The van der Waals surface area contributed by atoms with Crippen LogP contribution in [-0.2, 0) is 30.7 Å². The number of fused-ring (bicyclic) bond motifs is 3. The van der Waals surface area contributed by atoms with Gasteiger partial charge in [0.05, 0.1) is 12.2 Å². The maximum Gasteiger partial charge on any atom is 0.435 e. The lowest BCUT2D eigenvalue weighted by molar-refractivity contribution is -0.142. The lowest BCUT2D eigenvalue weighted by atomic mass is 9.65. The molecule has 0 N–H and O–H groups in total. The Balaban J connectivity index is 1.35. The Labute approximate surface area is 259 Å². The molecule has 1 spiro atoms. The van der Waals surface area contributed by atoms with Crippen LogP contribution in [0.5, 0.6) is 0 Å². The van der Waals surface area contributed by atoms with Gasteiger partial charge in [-0.2, -0.15) is 18.3 Å². The van der Waals surface area contributed by atoms with Crippen molar-refractivity contribution < 1.29 is 13.2 Å². The van der Waals surface area contributed by atoms with Crippen LogP contribution in [0.25, 0.3) is 0 Å². The van der Waals surface area contributed by atoms with Crippen molar-refractivity contribution in [3.8, 4) is 0 Å². The fraction of sp³-hybridized carbons (Fsp3) is 0.351. The number of hydrogen-bond donors (Lipinski definition) is 0. The van der Waals surface area contributed by atoms with Gasteiger partial charge < -0.3 is 0 Å². The van der Waals surface area contributed by atoms with Crippen molar-refractivity contribution in [1.29, 1.82) is 0 Å². The van der Waals surface area contributed by atoms with Gasteiger partial charge in [0.15, 0.2) is 5.69 Å². The van der Waals surface area contributed by atoms with Gasteiger partial charge in [0.2, 0.25) is 0 Å². The molecule has 2 saturated carbocycles. The molecule has 0 radical (unpaired) electrons. The van der Waals surface area contributed by atoms with Crippen LogP contribution in [0.4, 0.5) is 13.2 Å². The van der Waals surface area contributed by atoms with E-state index in [9.17, 15) is 18.0 Å². The van der Waals surface area contributed by atoms with E-state index in [0.29, 0.717) is 0 Å². The van der Waals surface area contributed by atoms with Crippen molar-refractivity contribution >= 4 is 0 Å². The number of halogens is 3. The van der Waals surface area contributed by atoms with Crippen molar-refractivity contribution in [2.75, 3.05) is 0 Å². The molecule has 8 heteroatoms. The van der Waals surface area contributed by atoms with Gasteiger partial charge >= 0.3 is 6.18 Å². The second kappa shape index (κ2) is 8.89. The summed E-state index contributed by atoms with van der Waals surface area (Å²) in [6.07, 6.45) is -1.20. The zero-order chi connectivity index (χ0) is 31.6. The van der Waals surface area contributed by atoms with E-state index in [1.807, 2.05) is 103 Å². The van der Waals surface area contributed by atoms with Crippen LogP contribution >= 0.6 is 0 Å². The predicted octanol–water partition coefficient (Wildman–Crippen LogP) is 7.47. The van der Waals surface area contributed by atoms with Crippen LogP contribution in [0, 0.1) is 10.8 Å². The van der Waals surface area contributed by atoms with Crippen molar-refractivity contribution in [2.45, 2.75) is 63.2 Å². The molecule has 5 nitrogen and oxygen atoms in total. The fourth-order valence-corrected chi connectivity index (χ4v) is 9.85. The summed E-state index contributed by atoms with van der Waals surface area (Å²) in [5.41, 5.74) is 1.64. The van der Waals surface area contributed by atoms with E-state index in [4.69, 9.17) is 0 Å². The second-order valence-corrected chi connectivity index (χ2v) is 13.7. The first-order valence-electron chi connectivity index (χ1n) is 15.6. The second-order valence-electron chi connectivity index (χ2n) is 13.7. The highest BCUT2D eigenvalue weighted by Crippen LogP contribution is 2.92. The van der Waals surface area contributed by atoms with Crippen molar-refractivity contribution in [2.24, 2.45) is 17.9 Å². The molecule has 0 amide bonds. The third kappa shape index (κ3) is 3.20. The quantitative estimate of drug-likeness (QED) is 0.188. The van der Waals surface area contributed by atoms with E-state index >= 15 is 0 Å².